The van der Waals surface area contributed by atoms with Crippen molar-refractivity contribution in [1.82, 2.24) is 4.98 Å². The van der Waals surface area contributed by atoms with E-state index < -0.39 is 11.4 Å². The highest BCUT2D eigenvalue weighted by Gasteiger charge is 2.51. The summed E-state index contributed by atoms with van der Waals surface area (Å²) in [5.41, 5.74) is 6.54. The molecule has 70 valence electrons. The van der Waals surface area contributed by atoms with Crippen LogP contribution < -0.4 is 5.73 Å². The molecule has 1 saturated carbocycles. The predicted octanol–water partition coefficient (Wildman–Crippen LogP) is 0.587. The van der Waals surface area contributed by atoms with Gasteiger partial charge in [0.15, 0.2) is 0 Å². The third kappa shape index (κ3) is 1.15. The molecule has 0 aliphatic heterocycles. The Morgan fingerprint density at radius 3 is 2.85 bits per heavy atom. The number of nitrogens with two attached hydrogens (primary N) is 1. The monoisotopic (exact) mass is 198 g/mol. The highest BCUT2D eigenvalue weighted by molar-refractivity contribution is 7.09. The summed E-state index contributed by atoms with van der Waals surface area (Å²) < 4.78 is 0. The minimum atomic E-state index is -0.779. The van der Waals surface area contributed by atoms with Crippen LogP contribution in [0, 0.1) is 0 Å². The van der Waals surface area contributed by atoms with E-state index in [1.54, 1.807) is 11.7 Å². The molecule has 4 nitrogen and oxygen atoms in total. The Labute approximate surface area is 79.4 Å². The topological polar surface area (TPSA) is 76.2 Å². The number of carboxylic acid groups (broad SMARTS) is 1. The number of aliphatic carboxylic acids is 1. The Morgan fingerprint density at radius 1 is 1.77 bits per heavy atom. The summed E-state index contributed by atoms with van der Waals surface area (Å²) in [7, 11) is 0. The zero-order valence-electron chi connectivity index (χ0n) is 6.93. The van der Waals surface area contributed by atoms with Gasteiger partial charge in [0.05, 0.1) is 5.51 Å². The van der Waals surface area contributed by atoms with Gasteiger partial charge in [0, 0.05) is 17.1 Å². The number of carboxylic acids is 1. The lowest BCUT2D eigenvalue weighted by molar-refractivity contribution is -0.148. The first-order chi connectivity index (χ1) is 6.15. The second-order valence-electron chi connectivity index (χ2n) is 3.42. The average molecular weight is 198 g/mol. The van der Waals surface area contributed by atoms with Crippen LogP contribution in [0.5, 0.6) is 0 Å². The molecule has 1 aromatic rings. The molecule has 0 amide bonds. The standard InChI is InChI=1S/C8H10N2O2S/c9-5-1-8(2-5,7(11)12)6-3-10-4-13-6/h3-5H,1-2,9H2,(H,11,12). The first-order valence-electron chi connectivity index (χ1n) is 4.03. The number of carbonyl (C=O) groups is 1. The fraction of sp³-hybridized carbons (Fsp3) is 0.500. The van der Waals surface area contributed by atoms with Crippen LogP contribution in [0.2, 0.25) is 0 Å². The lowest BCUT2D eigenvalue weighted by Crippen LogP contribution is -2.53. The molecule has 0 radical (unpaired) electrons. The Balaban J connectivity index is 2.31. The van der Waals surface area contributed by atoms with E-state index in [2.05, 4.69) is 4.98 Å². The smallest absolute Gasteiger partial charge is 0.315 e. The minimum absolute atomic E-state index is 0.0261. The number of aromatic nitrogens is 1. The second-order valence-corrected chi connectivity index (χ2v) is 4.31. The van der Waals surface area contributed by atoms with Gasteiger partial charge in [0.2, 0.25) is 0 Å². The van der Waals surface area contributed by atoms with Crippen LogP contribution in [0.3, 0.4) is 0 Å². The van der Waals surface area contributed by atoms with Gasteiger partial charge in [-0.15, -0.1) is 11.3 Å². The number of thiazole rings is 1. The Morgan fingerprint density at radius 2 is 2.46 bits per heavy atom. The van der Waals surface area contributed by atoms with E-state index in [9.17, 15) is 4.79 Å². The third-order valence-corrected chi connectivity index (χ3v) is 3.51. The molecule has 0 unspecified atom stereocenters. The minimum Gasteiger partial charge on any atom is -0.481 e. The SMILES string of the molecule is NC1CC(C(=O)O)(c2cncs2)C1. The van der Waals surface area contributed by atoms with Crippen LogP contribution >= 0.6 is 11.3 Å². The molecule has 1 aliphatic carbocycles. The highest BCUT2D eigenvalue weighted by atomic mass is 32.1. The maximum Gasteiger partial charge on any atom is 0.315 e. The second kappa shape index (κ2) is 2.78. The molecule has 0 atom stereocenters. The number of nitrogens with zero attached hydrogens (tertiary/aromatic N) is 1. The van der Waals surface area contributed by atoms with Crippen molar-refractivity contribution in [1.29, 1.82) is 0 Å². The van der Waals surface area contributed by atoms with Gasteiger partial charge < -0.3 is 10.8 Å². The Bertz CT molecular complexity index is 317. The number of hydrogen-bond acceptors (Lipinski definition) is 4. The molecule has 1 aromatic heterocycles. The normalized spacial score (nSPS) is 32.5. The summed E-state index contributed by atoms with van der Waals surface area (Å²) in [6.07, 6.45) is 2.69. The van der Waals surface area contributed by atoms with Crippen LogP contribution in [0.1, 0.15) is 17.7 Å². The van der Waals surface area contributed by atoms with Crippen molar-refractivity contribution in [2.24, 2.45) is 5.73 Å². The van der Waals surface area contributed by atoms with E-state index >= 15 is 0 Å². The summed E-state index contributed by atoms with van der Waals surface area (Å²) >= 11 is 1.39. The van der Waals surface area contributed by atoms with Crippen molar-refractivity contribution >= 4 is 17.3 Å². The molecule has 1 heterocycles. The van der Waals surface area contributed by atoms with Gasteiger partial charge in [0.1, 0.15) is 5.41 Å². The Kier molecular flexibility index (Phi) is 1.85. The fourth-order valence-electron chi connectivity index (χ4n) is 1.77. The number of hydrogen-bond donors (Lipinski definition) is 2. The van der Waals surface area contributed by atoms with E-state index in [0.29, 0.717) is 12.8 Å². The van der Waals surface area contributed by atoms with Crippen molar-refractivity contribution < 1.29 is 9.90 Å². The van der Waals surface area contributed by atoms with Crippen molar-refractivity contribution in [3.8, 4) is 0 Å². The van der Waals surface area contributed by atoms with Gasteiger partial charge in [-0.1, -0.05) is 0 Å². The molecule has 5 heteroatoms. The van der Waals surface area contributed by atoms with Crippen LogP contribution in [0.25, 0.3) is 0 Å². The highest BCUT2D eigenvalue weighted by Crippen LogP contribution is 2.44. The molecule has 0 bridgehead atoms. The largest absolute Gasteiger partial charge is 0.481 e. The summed E-state index contributed by atoms with van der Waals surface area (Å²) in [6.45, 7) is 0. The van der Waals surface area contributed by atoms with E-state index in [1.165, 1.54) is 11.3 Å². The fourth-order valence-corrected chi connectivity index (χ4v) is 2.61. The van der Waals surface area contributed by atoms with Gasteiger partial charge in [0.25, 0.3) is 0 Å². The zero-order valence-corrected chi connectivity index (χ0v) is 7.75. The lowest BCUT2D eigenvalue weighted by Gasteiger charge is -2.41. The van der Waals surface area contributed by atoms with Gasteiger partial charge >= 0.3 is 5.97 Å². The van der Waals surface area contributed by atoms with Crippen LogP contribution in [0.4, 0.5) is 0 Å². The molecule has 1 aliphatic rings. The van der Waals surface area contributed by atoms with Gasteiger partial charge in [-0.25, -0.2) is 0 Å². The molecule has 2 rings (SSSR count). The van der Waals surface area contributed by atoms with Crippen molar-refractivity contribution in [3.63, 3.8) is 0 Å². The molecular formula is C8H10N2O2S. The van der Waals surface area contributed by atoms with Crippen LogP contribution in [0.15, 0.2) is 11.7 Å². The summed E-state index contributed by atoms with van der Waals surface area (Å²) in [6, 6.07) is 0.0261. The molecule has 1 fully saturated rings. The summed E-state index contributed by atoms with van der Waals surface area (Å²) in [5, 5.41) is 9.10. The maximum absolute atomic E-state index is 11.1. The maximum atomic E-state index is 11.1. The predicted molar refractivity (Wildman–Crippen MR) is 48.6 cm³/mol. The summed E-state index contributed by atoms with van der Waals surface area (Å²) in [4.78, 5) is 15.8. The molecule has 0 saturated heterocycles. The Hall–Kier alpha value is -0.940. The van der Waals surface area contributed by atoms with Crippen molar-refractivity contribution in [2.75, 3.05) is 0 Å². The quantitative estimate of drug-likeness (QED) is 0.729. The van der Waals surface area contributed by atoms with Crippen LogP contribution in [-0.2, 0) is 10.2 Å². The zero-order chi connectivity index (χ0) is 9.47. The molecular weight excluding hydrogens is 188 g/mol. The molecule has 0 aromatic carbocycles. The lowest BCUT2D eigenvalue weighted by atomic mass is 9.65. The van der Waals surface area contributed by atoms with Crippen molar-refractivity contribution in [2.45, 2.75) is 24.3 Å². The van der Waals surface area contributed by atoms with Crippen molar-refractivity contribution in [3.05, 3.63) is 16.6 Å². The van der Waals surface area contributed by atoms with E-state index in [-0.39, 0.29) is 6.04 Å². The number of rotatable bonds is 2. The average Bonchev–Trinajstić information content (AvgIpc) is 2.49. The molecule has 3 N–H and O–H groups in total. The first kappa shape index (κ1) is 8.65. The molecule has 0 spiro atoms. The van der Waals surface area contributed by atoms with E-state index in [1.807, 2.05) is 0 Å². The molecule has 13 heavy (non-hydrogen) atoms. The van der Waals surface area contributed by atoms with E-state index in [4.69, 9.17) is 10.8 Å². The first-order valence-corrected chi connectivity index (χ1v) is 4.91. The van der Waals surface area contributed by atoms with Gasteiger partial charge in [-0.05, 0) is 12.8 Å². The van der Waals surface area contributed by atoms with Crippen LogP contribution in [-0.4, -0.2) is 22.1 Å². The van der Waals surface area contributed by atoms with Gasteiger partial charge in [-0.2, -0.15) is 0 Å². The van der Waals surface area contributed by atoms with E-state index in [0.717, 1.165) is 4.88 Å². The summed E-state index contributed by atoms with van der Waals surface area (Å²) in [5.74, 6) is -0.779. The third-order valence-electron chi connectivity index (χ3n) is 2.53. The van der Waals surface area contributed by atoms with Gasteiger partial charge in [-0.3, -0.25) is 9.78 Å².